The van der Waals surface area contributed by atoms with E-state index < -0.39 is 73.0 Å². The molecule has 3 aromatic rings. The second-order valence-electron chi connectivity index (χ2n) is 10.8. The zero-order valence-electron chi connectivity index (χ0n) is 23.3. The average Bonchev–Trinajstić information content (AvgIpc) is 3.66. The molecule has 5 atom stereocenters. The molecule has 0 bridgehead atoms. The number of carbonyl (C=O) groups is 1. The molecular formula is C27H29F6N5O6. The number of aliphatic hydroxyl groups excluding tert-OH is 2. The average molecular weight is 634 g/mol. The number of halogens is 6. The van der Waals surface area contributed by atoms with Crippen LogP contribution in [0.1, 0.15) is 42.7 Å². The van der Waals surface area contributed by atoms with Gasteiger partial charge < -0.3 is 29.1 Å². The molecule has 0 radical (unpaired) electrons. The highest BCUT2D eigenvalue weighted by Gasteiger charge is 2.47. The number of rotatable bonds is 8. The number of hydrogen-bond acceptors (Lipinski definition) is 9. The number of aromatic nitrogens is 4. The number of benzene rings is 1. The van der Waals surface area contributed by atoms with E-state index in [4.69, 9.17) is 14.0 Å². The van der Waals surface area contributed by atoms with Crippen molar-refractivity contribution in [3.8, 4) is 11.3 Å². The first-order chi connectivity index (χ1) is 20.9. The summed E-state index contributed by atoms with van der Waals surface area (Å²) in [5.41, 5.74) is 0.329. The normalized spacial score (nSPS) is 25.0. The van der Waals surface area contributed by atoms with Gasteiger partial charge in [-0.3, -0.25) is 4.79 Å². The molecule has 11 nitrogen and oxygen atoms in total. The summed E-state index contributed by atoms with van der Waals surface area (Å²) in [6, 6.07) is 2.20. The number of piperidine rings is 1. The Balaban J connectivity index is 1.30. The molecule has 44 heavy (non-hydrogen) atoms. The lowest BCUT2D eigenvalue weighted by Crippen LogP contribution is -2.57. The zero-order chi connectivity index (χ0) is 31.8. The number of likely N-dealkylation sites (tertiary alicyclic amines) is 1. The Labute approximate surface area is 246 Å². The summed E-state index contributed by atoms with van der Waals surface area (Å²) in [6.45, 7) is -0.292. The fourth-order valence-electron chi connectivity index (χ4n) is 5.71. The Hall–Kier alpha value is -3.54. The van der Waals surface area contributed by atoms with Crippen molar-refractivity contribution in [2.45, 2.75) is 68.2 Å². The van der Waals surface area contributed by atoms with E-state index in [1.807, 2.05) is 0 Å². The van der Waals surface area contributed by atoms with Crippen LogP contribution in [0.15, 0.2) is 28.9 Å². The molecule has 2 fully saturated rings. The lowest BCUT2D eigenvalue weighted by atomic mass is 9.89. The SMILES string of the molecule is CO[C@@H]1[C@@H](n2cc(-c3cc(F)c(F)c(F)c3)nn2)[C@@H](O)[C@@H](CO)O[C@@H]1Cc1cc(C2CCN(C(=O)CC(F)(F)F)CC2)on1. The highest BCUT2D eigenvalue weighted by molar-refractivity contribution is 5.77. The number of hydrogen-bond donors (Lipinski definition) is 2. The molecule has 240 valence electrons. The number of methoxy groups -OCH3 is 1. The minimum Gasteiger partial charge on any atom is -0.394 e. The van der Waals surface area contributed by atoms with Gasteiger partial charge >= 0.3 is 6.18 Å². The molecule has 2 aliphatic heterocycles. The predicted octanol–water partition coefficient (Wildman–Crippen LogP) is 2.93. The maximum atomic E-state index is 13.8. The Morgan fingerprint density at radius 3 is 2.41 bits per heavy atom. The molecular weight excluding hydrogens is 604 g/mol. The van der Waals surface area contributed by atoms with Crippen LogP contribution in [0.25, 0.3) is 11.3 Å². The van der Waals surface area contributed by atoms with E-state index in [0.717, 1.165) is 12.1 Å². The van der Waals surface area contributed by atoms with Crippen LogP contribution in [0, 0.1) is 17.5 Å². The molecule has 2 saturated heterocycles. The van der Waals surface area contributed by atoms with Crippen molar-refractivity contribution in [1.29, 1.82) is 0 Å². The Bertz CT molecular complexity index is 1440. The standard InChI is InChI=1S/C27H29F6N5O6/c1-42-26-20(9-15-8-19(44-35-15)13-2-4-37(5-3-13)22(40)10-27(31,32)33)43-21(12-39)25(41)24(26)38-11-18(34-36-38)14-6-16(28)23(30)17(29)7-14/h6-8,11,13,20-21,24-26,39,41H,2-5,9-10,12H2,1H3/t20-,21-,24+,25+,26+/m1/s1. The van der Waals surface area contributed by atoms with Gasteiger partial charge in [0.15, 0.2) is 17.5 Å². The second kappa shape index (κ2) is 12.8. The molecule has 5 rings (SSSR count). The molecule has 1 aromatic carbocycles. The van der Waals surface area contributed by atoms with Crippen molar-refractivity contribution in [3.05, 3.63) is 53.3 Å². The largest absolute Gasteiger partial charge is 0.397 e. The first-order valence-corrected chi connectivity index (χ1v) is 13.7. The molecule has 17 heteroatoms. The van der Waals surface area contributed by atoms with Crippen LogP contribution in [0.5, 0.6) is 0 Å². The number of aliphatic hydroxyl groups is 2. The summed E-state index contributed by atoms with van der Waals surface area (Å²) in [5, 5.41) is 32.9. The molecule has 2 aliphatic rings. The summed E-state index contributed by atoms with van der Waals surface area (Å²) in [7, 11) is 1.37. The topological polar surface area (TPSA) is 136 Å². The van der Waals surface area contributed by atoms with Crippen LogP contribution >= 0.6 is 0 Å². The van der Waals surface area contributed by atoms with Crippen LogP contribution in [-0.4, -0.2) is 98.6 Å². The van der Waals surface area contributed by atoms with Crippen LogP contribution in [0.2, 0.25) is 0 Å². The van der Waals surface area contributed by atoms with Gasteiger partial charge in [0.1, 0.15) is 42.2 Å². The van der Waals surface area contributed by atoms with Gasteiger partial charge in [-0.15, -0.1) is 5.10 Å². The highest BCUT2D eigenvalue weighted by Crippen LogP contribution is 2.35. The summed E-state index contributed by atoms with van der Waals surface area (Å²) >= 11 is 0. The fourth-order valence-corrected chi connectivity index (χ4v) is 5.71. The van der Waals surface area contributed by atoms with Crippen LogP contribution < -0.4 is 0 Å². The second-order valence-corrected chi connectivity index (χ2v) is 10.8. The summed E-state index contributed by atoms with van der Waals surface area (Å²) in [6.07, 6.45) is -8.06. The van der Waals surface area contributed by atoms with E-state index >= 15 is 0 Å². The first-order valence-electron chi connectivity index (χ1n) is 13.7. The Morgan fingerprint density at radius 2 is 1.80 bits per heavy atom. The van der Waals surface area contributed by atoms with Gasteiger partial charge in [0.25, 0.3) is 0 Å². The molecule has 1 amide bonds. The maximum Gasteiger partial charge on any atom is 0.397 e. The number of alkyl halides is 3. The van der Waals surface area contributed by atoms with Gasteiger partial charge in [-0.2, -0.15) is 13.2 Å². The van der Waals surface area contributed by atoms with Crippen molar-refractivity contribution >= 4 is 5.91 Å². The van der Waals surface area contributed by atoms with Gasteiger partial charge in [-0.1, -0.05) is 10.4 Å². The van der Waals surface area contributed by atoms with Crippen molar-refractivity contribution in [1.82, 2.24) is 25.1 Å². The zero-order valence-corrected chi connectivity index (χ0v) is 23.3. The van der Waals surface area contributed by atoms with E-state index in [2.05, 4.69) is 15.5 Å². The first kappa shape index (κ1) is 31.9. The van der Waals surface area contributed by atoms with Crippen LogP contribution in [-0.2, 0) is 20.7 Å². The predicted molar refractivity (Wildman–Crippen MR) is 136 cm³/mol. The Morgan fingerprint density at radius 1 is 1.11 bits per heavy atom. The molecule has 0 saturated carbocycles. The van der Waals surface area contributed by atoms with Gasteiger partial charge in [0, 0.05) is 44.2 Å². The number of ether oxygens (including phenoxy) is 2. The monoisotopic (exact) mass is 633 g/mol. The summed E-state index contributed by atoms with van der Waals surface area (Å²) < 4.78 is 97.1. The van der Waals surface area contributed by atoms with Gasteiger partial charge in [0.2, 0.25) is 5.91 Å². The van der Waals surface area contributed by atoms with Crippen molar-refractivity contribution in [2.24, 2.45) is 0 Å². The minimum absolute atomic E-state index is 0.0132. The third-order valence-corrected chi connectivity index (χ3v) is 7.92. The molecule has 0 spiro atoms. The summed E-state index contributed by atoms with van der Waals surface area (Å²) in [4.78, 5) is 13.1. The van der Waals surface area contributed by atoms with Crippen LogP contribution in [0.4, 0.5) is 26.3 Å². The molecule has 2 N–H and O–H groups in total. The smallest absolute Gasteiger partial charge is 0.394 e. The number of nitrogens with zero attached hydrogens (tertiary/aromatic N) is 5. The third kappa shape index (κ3) is 6.74. The quantitative estimate of drug-likeness (QED) is 0.284. The van der Waals surface area contributed by atoms with Crippen molar-refractivity contribution in [3.63, 3.8) is 0 Å². The number of amides is 1. The van der Waals surface area contributed by atoms with Crippen molar-refractivity contribution < 1.29 is 55.3 Å². The fraction of sp³-hybridized carbons (Fsp3) is 0.556. The van der Waals surface area contributed by atoms with E-state index in [1.165, 1.54) is 22.9 Å². The van der Waals surface area contributed by atoms with E-state index in [1.54, 1.807) is 6.07 Å². The Kier molecular flexibility index (Phi) is 9.29. The van der Waals surface area contributed by atoms with Crippen molar-refractivity contribution in [2.75, 3.05) is 26.8 Å². The molecule has 2 aromatic heterocycles. The third-order valence-electron chi connectivity index (χ3n) is 7.92. The lowest BCUT2D eigenvalue weighted by Gasteiger charge is -2.43. The van der Waals surface area contributed by atoms with E-state index in [9.17, 15) is 41.4 Å². The molecule has 0 aliphatic carbocycles. The molecule has 0 unspecified atom stereocenters. The van der Waals surface area contributed by atoms with Crippen LogP contribution in [0.3, 0.4) is 0 Å². The molecule has 4 heterocycles. The lowest BCUT2D eigenvalue weighted by molar-refractivity contribution is -0.212. The summed E-state index contributed by atoms with van der Waals surface area (Å²) in [5.74, 6) is -5.12. The maximum absolute atomic E-state index is 13.8. The minimum atomic E-state index is -4.57. The van der Waals surface area contributed by atoms with Gasteiger partial charge in [-0.05, 0) is 25.0 Å². The van der Waals surface area contributed by atoms with E-state index in [-0.39, 0.29) is 36.7 Å². The van der Waals surface area contributed by atoms with Gasteiger partial charge in [-0.25, -0.2) is 17.9 Å². The highest BCUT2D eigenvalue weighted by atomic mass is 19.4. The number of carbonyl (C=O) groups excluding carboxylic acids is 1. The van der Waals surface area contributed by atoms with E-state index in [0.29, 0.717) is 24.3 Å². The van der Waals surface area contributed by atoms with Gasteiger partial charge in [0.05, 0.1) is 24.6 Å².